The maximum atomic E-state index is 10.5. The highest BCUT2D eigenvalue weighted by Crippen LogP contribution is 2.15. The molecule has 0 saturated carbocycles. The standard InChI is InChI=1S/C24H29N3O2/c1-18-8-6-11-21(16-18)23(28)17-26-24(25-14-13-22-12-7-15-29-22)27-19(2)20-9-4-3-5-10-20/h3-12,15-16,19,23,28H,13-14,17H2,1-2H3,(H2,25,26,27). The topological polar surface area (TPSA) is 69.8 Å². The van der Waals surface area contributed by atoms with Crippen LogP contribution in [0, 0.1) is 6.92 Å². The molecule has 29 heavy (non-hydrogen) atoms. The highest BCUT2D eigenvalue weighted by atomic mass is 16.3. The Morgan fingerprint density at radius 3 is 2.55 bits per heavy atom. The first-order chi connectivity index (χ1) is 14.1. The van der Waals surface area contributed by atoms with Crippen molar-refractivity contribution in [2.75, 3.05) is 13.1 Å². The highest BCUT2D eigenvalue weighted by molar-refractivity contribution is 5.80. The van der Waals surface area contributed by atoms with Gasteiger partial charge in [0.25, 0.3) is 0 Å². The number of guanidine groups is 1. The van der Waals surface area contributed by atoms with Crippen LogP contribution in [0.2, 0.25) is 0 Å². The van der Waals surface area contributed by atoms with Gasteiger partial charge in [0, 0.05) is 13.0 Å². The van der Waals surface area contributed by atoms with E-state index in [4.69, 9.17) is 4.42 Å². The lowest BCUT2D eigenvalue weighted by atomic mass is 10.1. The average molecular weight is 392 g/mol. The van der Waals surface area contributed by atoms with E-state index in [9.17, 15) is 5.11 Å². The van der Waals surface area contributed by atoms with Gasteiger partial charge in [-0.15, -0.1) is 0 Å². The fourth-order valence-corrected chi connectivity index (χ4v) is 3.10. The highest BCUT2D eigenvalue weighted by Gasteiger charge is 2.11. The normalized spacial score (nSPS) is 13.7. The third-order valence-corrected chi connectivity index (χ3v) is 4.75. The van der Waals surface area contributed by atoms with Crippen molar-refractivity contribution in [3.05, 3.63) is 95.4 Å². The number of nitrogens with one attached hydrogen (secondary N) is 2. The number of aliphatic imine (C=N–C) groups is 1. The molecule has 3 N–H and O–H groups in total. The van der Waals surface area contributed by atoms with E-state index in [2.05, 4.69) is 34.7 Å². The van der Waals surface area contributed by atoms with Crippen LogP contribution in [0.3, 0.4) is 0 Å². The van der Waals surface area contributed by atoms with E-state index >= 15 is 0 Å². The van der Waals surface area contributed by atoms with E-state index in [-0.39, 0.29) is 12.6 Å². The second-order valence-electron chi connectivity index (χ2n) is 7.15. The second kappa shape index (κ2) is 10.5. The number of furan rings is 1. The molecule has 2 atom stereocenters. The van der Waals surface area contributed by atoms with E-state index in [0.717, 1.165) is 23.3 Å². The molecule has 0 aliphatic carbocycles. The number of nitrogens with zero attached hydrogens (tertiary/aromatic N) is 1. The van der Waals surface area contributed by atoms with Crippen molar-refractivity contribution in [3.63, 3.8) is 0 Å². The summed E-state index contributed by atoms with van der Waals surface area (Å²) in [6, 6.07) is 22.0. The predicted octanol–water partition coefficient (Wildman–Crippen LogP) is 4.16. The van der Waals surface area contributed by atoms with Gasteiger partial charge in [0.2, 0.25) is 0 Å². The Morgan fingerprint density at radius 1 is 1.03 bits per heavy atom. The van der Waals surface area contributed by atoms with E-state index in [0.29, 0.717) is 12.5 Å². The minimum atomic E-state index is -0.648. The minimum absolute atomic E-state index is 0.0853. The summed E-state index contributed by atoms with van der Waals surface area (Å²) in [4.78, 5) is 4.63. The summed E-state index contributed by atoms with van der Waals surface area (Å²) in [5, 5.41) is 17.3. The van der Waals surface area contributed by atoms with Crippen LogP contribution in [-0.2, 0) is 6.42 Å². The molecule has 3 aromatic rings. The van der Waals surface area contributed by atoms with Gasteiger partial charge in [0.1, 0.15) is 5.76 Å². The third-order valence-electron chi connectivity index (χ3n) is 4.75. The molecule has 152 valence electrons. The number of rotatable bonds is 8. The molecule has 0 aliphatic rings. The molecule has 1 heterocycles. The molecule has 1 aromatic heterocycles. The lowest BCUT2D eigenvalue weighted by Crippen LogP contribution is -2.40. The summed E-state index contributed by atoms with van der Waals surface area (Å²) < 4.78 is 5.39. The molecular formula is C24H29N3O2. The van der Waals surface area contributed by atoms with Crippen LogP contribution in [0.5, 0.6) is 0 Å². The molecule has 0 amide bonds. The first-order valence-electron chi connectivity index (χ1n) is 9.98. The van der Waals surface area contributed by atoms with Crippen LogP contribution >= 0.6 is 0 Å². The summed E-state index contributed by atoms with van der Waals surface area (Å²) >= 11 is 0. The fourth-order valence-electron chi connectivity index (χ4n) is 3.10. The summed E-state index contributed by atoms with van der Waals surface area (Å²) in [5.41, 5.74) is 3.17. The zero-order valence-corrected chi connectivity index (χ0v) is 17.0. The van der Waals surface area contributed by atoms with Crippen molar-refractivity contribution in [1.82, 2.24) is 10.6 Å². The lowest BCUT2D eigenvalue weighted by molar-refractivity contribution is 0.187. The first-order valence-corrected chi connectivity index (χ1v) is 9.98. The Bertz CT molecular complexity index is 892. The predicted molar refractivity (Wildman–Crippen MR) is 117 cm³/mol. The van der Waals surface area contributed by atoms with Crippen molar-refractivity contribution in [2.24, 2.45) is 4.99 Å². The fraction of sp³-hybridized carbons (Fsp3) is 0.292. The SMILES string of the molecule is Cc1cccc(C(O)CN=C(NCCc2ccco2)NC(C)c2ccccc2)c1. The van der Waals surface area contributed by atoms with Crippen LogP contribution in [0.25, 0.3) is 0 Å². The Hall–Kier alpha value is -3.05. The van der Waals surface area contributed by atoms with Gasteiger partial charge >= 0.3 is 0 Å². The molecule has 2 aromatic carbocycles. The zero-order chi connectivity index (χ0) is 20.5. The van der Waals surface area contributed by atoms with Crippen LogP contribution in [0.15, 0.2) is 82.4 Å². The molecule has 2 unspecified atom stereocenters. The Morgan fingerprint density at radius 2 is 1.83 bits per heavy atom. The molecule has 0 fully saturated rings. The van der Waals surface area contributed by atoms with Crippen molar-refractivity contribution in [1.29, 1.82) is 0 Å². The zero-order valence-electron chi connectivity index (χ0n) is 17.0. The van der Waals surface area contributed by atoms with E-state index < -0.39 is 6.10 Å². The number of aliphatic hydroxyl groups is 1. The summed E-state index contributed by atoms with van der Waals surface area (Å²) in [7, 11) is 0. The van der Waals surface area contributed by atoms with Crippen molar-refractivity contribution in [2.45, 2.75) is 32.4 Å². The smallest absolute Gasteiger partial charge is 0.191 e. The number of aliphatic hydroxyl groups excluding tert-OH is 1. The van der Waals surface area contributed by atoms with Crippen molar-refractivity contribution < 1.29 is 9.52 Å². The number of benzene rings is 2. The monoisotopic (exact) mass is 391 g/mol. The van der Waals surface area contributed by atoms with E-state index in [1.807, 2.05) is 61.5 Å². The second-order valence-corrected chi connectivity index (χ2v) is 7.15. The summed E-state index contributed by atoms with van der Waals surface area (Å²) in [5.74, 6) is 1.59. The molecule has 3 rings (SSSR count). The van der Waals surface area contributed by atoms with Gasteiger partial charge in [-0.2, -0.15) is 0 Å². The van der Waals surface area contributed by atoms with Crippen LogP contribution < -0.4 is 10.6 Å². The van der Waals surface area contributed by atoms with Gasteiger partial charge in [-0.05, 0) is 37.1 Å². The molecule has 5 nitrogen and oxygen atoms in total. The molecular weight excluding hydrogens is 362 g/mol. The number of hydrogen-bond donors (Lipinski definition) is 3. The lowest BCUT2D eigenvalue weighted by Gasteiger charge is -2.19. The number of aryl methyl sites for hydroxylation is 1. The first kappa shape index (κ1) is 20.7. The quantitative estimate of drug-likeness (QED) is 0.398. The van der Waals surface area contributed by atoms with Crippen molar-refractivity contribution in [3.8, 4) is 0 Å². The van der Waals surface area contributed by atoms with Crippen LogP contribution in [0.4, 0.5) is 0 Å². The van der Waals surface area contributed by atoms with Gasteiger partial charge in [-0.3, -0.25) is 4.99 Å². The molecule has 0 radical (unpaired) electrons. The average Bonchev–Trinajstić information content (AvgIpc) is 3.25. The molecule has 0 aliphatic heterocycles. The maximum Gasteiger partial charge on any atom is 0.191 e. The van der Waals surface area contributed by atoms with Crippen molar-refractivity contribution >= 4 is 5.96 Å². The van der Waals surface area contributed by atoms with Crippen LogP contribution in [0.1, 0.15) is 41.5 Å². The Kier molecular flexibility index (Phi) is 7.47. The van der Waals surface area contributed by atoms with Gasteiger partial charge < -0.3 is 20.2 Å². The third kappa shape index (κ3) is 6.50. The molecule has 0 saturated heterocycles. The molecule has 5 heteroatoms. The Balaban J connectivity index is 1.65. The molecule has 0 bridgehead atoms. The largest absolute Gasteiger partial charge is 0.469 e. The number of hydrogen-bond acceptors (Lipinski definition) is 3. The van der Waals surface area contributed by atoms with E-state index in [1.54, 1.807) is 6.26 Å². The van der Waals surface area contributed by atoms with E-state index in [1.165, 1.54) is 5.56 Å². The maximum absolute atomic E-state index is 10.5. The van der Waals surface area contributed by atoms with Gasteiger partial charge in [-0.1, -0.05) is 60.2 Å². The van der Waals surface area contributed by atoms with Crippen LogP contribution in [-0.4, -0.2) is 24.2 Å². The van der Waals surface area contributed by atoms with Gasteiger partial charge in [0.15, 0.2) is 5.96 Å². The van der Waals surface area contributed by atoms with Gasteiger partial charge in [-0.25, -0.2) is 0 Å². The van der Waals surface area contributed by atoms with Gasteiger partial charge in [0.05, 0.1) is 25.0 Å². The summed E-state index contributed by atoms with van der Waals surface area (Å²) in [6.45, 7) is 5.07. The Labute approximate surface area is 172 Å². The summed E-state index contributed by atoms with van der Waals surface area (Å²) in [6.07, 6.45) is 1.79. The molecule has 0 spiro atoms. The minimum Gasteiger partial charge on any atom is -0.469 e.